The second-order valence-electron chi connectivity index (χ2n) is 4.53. The maximum Gasteiger partial charge on any atom is 0.272 e. The zero-order valence-corrected chi connectivity index (χ0v) is 11.0. The Morgan fingerprint density at radius 1 is 1.33 bits per heavy atom. The number of anilines is 1. The summed E-state index contributed by atoms with van der Waals surface area (Å²) in [5.41, 5.74) is 0.526. The van der Waals surface area contributed by atoms with Crippen LogP contribution in [0.1, 0.15) is 17.4 Å². The molecule has 1 aromatic heterocycles. The van der Waals surface area contributed by atoms with Crippen molar-refractivity contribution in [3.8, 4) is 0 Å². The fourth-order valence-corrected chi connectivity index (χ4v) is 2.00. The minimum atomic E-state index is 0.0304. The standard InChI is InChI=1S/C13H20N4O/c1-3-14-12-6-4-5-11(15-12)13(18)17-9-7-16(2)8-10-17/h4-6H,3,7-10H2,1-2H3,(H,14,15). The fourth-order valence-electron chi connectivity index (χ4n) is 2.00. The summed E-state index contributed by atoms with van der Waals surface area (Å²) in [5.74, 6) is 0.792. The van der Waals surface area contributed by atoms with Gasteiger partial charge in [-0.05, 0) is 26.1 Å². The SMILES string of the molecule is CCNc1cccc(C(=O)N2CCN(C)CC2)n1. The van der Waals surface area contributed by atoms with Crippen molar-refractivity contribution in [3.63, 3.8) is 0 Å². The van der Waals surface area contributed by atoms with Crippen LogP contribution < -0.4 is 5.32 Å². The van der Waals surface area contributed by atoms with Crippen molar-refractivity contribution in [3.05, 3.63) is 23.9 Å². The van der Waals surface area contributed by atoms with Crippen molar-refractivity contribution >= 4 is 11.7 Å². The van der Waals surface area contributed by atoms with Gasteiger partial charge in [-0.15, -0.1) is 0 Å². The van der Waals surface area contributed by atoms with E-state index in [9.17, 15) is 4.79 Å². The smallest absolute Gasteiger partial charge is 0.272 e. The third kappa shape index (κ3) is 2.98. The van der Waals surface area contributed by atoms with Crippen LogP contribution in [0, 0.1) is 0 Å². The number of nitrogens with zero attached hydrogens (tertiary/aromatic N) is 3. The molecule has 1 aliphatic rings. The van der Waals surface area contributed by atoms with Crippen molar-refractivity contribution in [2.24, 2.45) is 0 Å². The second-order valence-corrected chi connectivity index (χ2v) is 4.53. The summed E-state index contributed by atoms with van der Waals surface area (Å²) in [5, 5.41) is 3.12. The van der Waals surface area contributed by atoms with Crippen LogP contribution in [-0.4, -0.2) is 60.5 Å². The molecule has 98 valence electrons. The van der Waals surface area contributed by atoms with Crippen LogP contribution in [0.2, 0.25) is 0 Å². The van der Waals surface area contributed by atoms with E-state index in [4.69, 9.17) is 0 Å². The number of likely N-dealkylation sites (N-methyl/N-ethyl adjacent to an activating group) is 1. The number of hydrogen-bond acceptors (Lipinski definition) is 4. The molecule has 0 saturated carbocycles. The molecule has 0 atom stereocenters. The molecule has 18 heavy (non-hydrogen) atoms. The molecular formula is C13H20N4O. The maximum absolute atomic E-state index is 12.3. The molecule has 2 rings (SSSR count). The molecule has 1 aliphatic heterocycles. The third-order valence-electron chi connectivity index (χ3n) is 3.12. The number of aromatic nitrogens is 1. The highest BCUT2D eigenvalue weighted by molar-refractivity contribution is 5.92. The first kappa shape index (κ1) is 12.8. The summed E-state index contributed by atoms with van der Waals surface area (Å²) in [7, 11) is 2.08. The lowest BCUT2D eigenvalue weighted by molar-refractivity contribution is 0.0658. The van der Waals surface area contributed by atoms with Gasteiger partial charge >= 0.3 is 0 Å². The van der Waals surface area contributed by atoms with Crippen LogP contribution in [0.4, 0.5) is 5.82 Å². The first-order valence-electron chi connectivity index (χ1n) is 6.39. The topological polar surface area (TPSA) is 48.5 Å². The van der Waals surface area contributed by atoms with E-state index in [-0.39, 0.29) is 5.91 Å². The van der Waals surface area contributed by atoms with E-state index in [0.29, 0.717) is 5.69 Å². The first-order valence-corrected chi connectivity index (χ1v) is 6.39. The molecule has 2 heterocycles. The Bertz CT molecular complexity index is 413. The summed E-state index contributed by atoms with van der Waals surface area (Å²) in [6, 6.07) is 5.53. The van der Waals surface area contributed by atoms with Gasteiger partial charge < -0.3 is 15.1 Å². The van der Waals surface area contributed by atoms with E-state index in [1.54, 1.807) is 6.07 Å². The molecule has 5 nitrogen and oxygen atoms in total. The lowest BCUT2D eigenvalue weighted by Gasteiger charge is -2.32. The predicted octanol–water partition coefficient (Wildman–Crippen LogP) is 0.901. The Morgan fingerprint density at radius 2 is 2.06 bits per heavy atom. The lowest BCUT2D eigenvalue weighted by Crippen LogP contribution is -2.47. The second kappa shape index (κ2) is 5.82. The maximum atomic E-state index is 12.3. The normalized spacial score (nSPS) is 16.7. The molecule has 1 amide bonds. The van der Waals surface area contributed by atoms with E-state index in [0.717, 1.165) is 38.5 Å². The van der Waals surface area contributed by atoms with Gasteiger partial charge in [0, 0.05) is 32.7 Å². The Hall–Kier alpha value is -1.62. The summed E-state index contributed by atoms with van der Waals surface area (Å²) >= 11 is 0. The van der Waals surface area contributed by atoms with E-state index >= 15 is 0 Å². The minimum Gasteiger partial charge on any atom is -0.370 e. The minimum absolute atomic E-state index is 0.0304. The van der Waals surface area contributed by atoms with Crippen molar-refractivity contribution < 1.29 is 4.79 Å². The van der Waals surface area contributed by atoms with Gasteiger partial charge in [-0.25, -0.2) is 4.98 Å². The van der Waals surface area contributed by atoms with E-state index in [2.05, 4.69) is 22.2 Å². The molecule has 5 heteroatoms. The molecule has 0 unspecified atom stereocenters. The molecule has 1 aromatic rings. The Kier molecular flexibility index (Phi) is 4.15. The zero-order valence-electron chi connectivity index (χ0n) is 11.0. The number of hydrogen-bond donors (Lipinski definition) is 1. The Labute approximate surface area is 108 Å². The molecular weight excluding hydrogens is 228 g/mol. The summed E-state index contributed by atoms with van der Waals surface area (Å²) in [4.78, 5) is 20.7. The summed E-state index contributed by atoms with van der Waals surface area (Å²) in [6.45, 7) is 6.23. The van der Waals surface area contributed by atoms with Gasteiger partial charge in [-0.3, -0.25) is 4.79 Å². The van der Waals surface area contributed by atoms with Gasteiger partial charge in [0.2, 0.25) is 0 Å². The summed E-state index contributed by atoms with van der Waals surface area (Å²) < 4.78 is 0. The van der Waals surface area contributed by atoms with Gasteiger partial charge in [-0.1, -0.05) is 6.07 Å². The highest BCUT2D eigenvalue weighted by Crippen LogP contribution is 2.09. The highest BCUT2D eigenvalue weighted by atomic mass is 16.2. The first-order chi connectivity index (χ1) is 8.70. The predicted molar refractivity (Wildman–Crippen MR) is 71.8 cm³/mol. The zero-order chi connectivity index (χ0) is 13.0. The molecule has 0 aromatic carbocycles. The molecule has 0 aliphatic carbocycles. The molecule has 0 bridgehead atoms. The van der Waals surface area contributed by atoms with Gasteiger partial charge in [0.25, 0.3) is 5.91 Å². The van der Waals surface area contributed by atoms with Crippen LogP contribution in [-0.2, 0) is 0 Å². The monoisotopic (exact) mass is 248 g/mol. The number of carbonyl (C=O) groups is 1. The van der Waals surface area contributed by atoms with Crippen LogP contribution in [0.3, 0.4) is 0 Å². The van der Waals surface area contributed by atoms with Crippen LogP contribution in [0.15, 0.2) is 18.2 Å². The molecule has 1 saturated heterocycles. The Balaban J connectivity index is 2.06. The number of nitrogens with one attached hydrogen (secondary N) is 1. The lowest BCUT2D eigenvalue weighted by atomic mass is 10.2. The van der Waals surface area contributed by atoms with Gasteiger partial charge in [0.05, 0.1) is 0 Å². The van der Waals surface area contributed by atoms with Gasteiger partial charge in [0.1, 0.15) is 11.5 Å². The summed E-state index contributed by atoms with van der Waals surface area (Å²) in [6.07, 6.45) is 0. The number of amides is 1. The van der Waals surface area contributed by atoms with Crippen molar-refractivity contribution in [2.45, 2.75) is 6.92 Å². The highest BCUT2D eigenvalue weighted by Gasteiger charge is 2.21. The molecule has 0 radical (unpaired) electrons. The van der Waals surface area contributed by atoms with Crippen molar-refractivity contribution in [2.75, 3.05) is 45.1 Å². The number of piperazine rings is 1. The Morgan fingerprint density at radius 3 is 2.72 bits per heavy atom. The van der Waals surface area contributed by atoms with Crippen molar-refractivity contribution in [1.82, 2.24) is 14.8 Å². The van der Waals surface area contributed by atoms with Crippen LogP contribution >= 0.6 is 0 Å². The third-order valence-corrected chi connectivity index (χ3v) is 3.12. The van der Waals surface area contributed by atoms with E-state index in [1.807, 2.05) is 24.0 Å². The largest absolute Gasteiger partial charge is 0.370 e. The quantitative estimate of drug-likeness (QED) is 0.863. The van der Waals surface area contributed by atoms with Gasteiger partial charge in [-0.2, -0.15) is 0 Å². The average molecular weight is 248 g/mol. The number of pyridine rings is 1. The number of rotatable bonds is 3. The van der Waals surface area contributed by atoms with E-state index < -0.39 is 0 Å². The van der Waals surface area contributed by atoms with Crippen LogP contribution in [0.25, 0.3) is 0 Å². The average Bonchev–Trinajstić information content (AvgIpc) is 2.39. The fraction of sp³-hybridized carbons (Fsp3) is 0.538. The molecule has 1 N–H and O–H groups in total. The van der Waals surface area contributed by atoms with E-state index in [1.165, 1.54) is 0 Å². The van der Waals surface area contributed by atoms with Gasteiger partial charge in [0.15, 0.2) is 0 Å². The number of carbonyl (C=O) groups excluding carboxylic acids is 1. The molecule has 1 fully saturated rings. The van der Waals surface area contributed by atoms with Crippen molar-refractivity contribution in [1.29, 1.82) is 0 Å². The molecule has 0 spiro atoms. The van der Waals surface area contributed by atoms with Crippen LogP contribution in [0.5, 0.6) is 0 Å².